The molecule has 0 aromatic heterocycles. The van der Waals surface area contributed by atoms with E-state index in [2.05, 4.69) is 40.2 Å². The predicted octanol–water partition coefficient (Wildman–Crippen LogP) is 5.77. The van der Waals surface area contributed by atoms with Crippen LogP contribution in [0.3, 0.4) is 0 Å². The molecule has 0 aliphatic rings. The molecule has 100 valence electrons. The number of fused-ring (bicyclic) bond motifs is 1. The Kier molecular flexibility index (Phi) is 3.58. The fraction of sp³-hybridized carbons (Fsp3) is 0.111. The fourth-order valence-corrected chi connectivity index (χ4v) is 3.42. The summed E-state index contributed by atoms with van der Waals surface area (Å²) >= 11 is 3.73. The lowest BCUT2D eigenvalue weighted by molar-refractivity contribution is 0.625. The van der Waals surface area contributed by atoms with Gasteiger partial charge in [-0.2, -0.15) is 0 Å². The topological polar surface area (TPSA) is 0 Å². The van der Waals surface area contributed by atoms with E-state index < -0.39 is 0 Å². The van der Waals surface area contributed by atoms with Gasteiger partial charge < -0.3 is 0 Å². The zero-order valence-corrected chi connectivity index (χ0v) is 12.7. The Hall–Kier alpha value is -1.67. The number of hydrogen-bond acceptors (Lipinski definition) is 0. The van der Waals surface area contributed by atoms with Gasteiger partial charge in [-0.25, -0.2) is 4.39 Å². The first-order valence-corrected chi connectivity index (χ1v) is 7.46. The Labute approximate surface area is 126 Å². The first kappa shape index (κ1) is 13.3. The Bertz CT molecular complexity index is 759. The van der Waals surface area contributed by atoms with Crippen molar-refractivity contribution in [3.63, 3.8) is 0 Å². The zero-order valence-electron chi connectivity index (χ0n) is 11.1. The first-order valence-electron chi connectivity index (χ1n) is 6.54. The van der Waals surface area contributed by atoms with E-state index in [1.54, 1.807) is 6.07 Å². The van der Waals surface area contributed by atoms with Gasteiger partial charge in [-0.15, -0.1) is 0 Å². The van der Waals surface area contributed by atoms with Gasteiger partial charge in [0.2, 0.25) is 0 Å². The highest BCUT2D eigenvalue weighted by atomic mass is 79.9. The summed E-state index contributed by atoms with van der Waals surface area (Å²) in [5, 5.41) is 2.39. The molecule has 0 nitrogen and oxygen atoms in total. The number of halogens is 2. The van der Waals surface area contributed by atoms with Crippen molar-refractivity contribution in [3.05, 3.63) is 83.2 Å². The molecule has 0 fully saturated rings. The molecule has 0 N–H and O–H groups in total. The third-order valence-corrected chi connectivity index (χ3v) is 4.60. The maximum Gasteiger partial charge on any atom is 0.123 e. The SMILES string of the molecule is Cc1ccc(F)cc1C(Br)c1cccc2ccccc12. The minimum Gasteiger partial charge on any atom is -0.207 e. The molecular formula is C18H14BrF. The number of rotatable bonds is 2. The molecular weight excluding hydrogens is 315 g/mol. The van der Waals surface area contributed by atoms with Crippen LogP contribution in [0.2, 0.25) is 0 Å². The second-order valence-electron chi connectivity index (χ2n) is 4.93. The Morgan fingerprint density at radius 1 is 0.900 bits per heavy atom. The largest absolute Gasteiger partial charge is 0.207 e. The van der Waals surface area contributed by atoms with E-state index >= 15 is 0 Å². The lowest BCUT2D eigenvalue weighted by atomic mass is 9.96. The normalized spacial score (nSPS) is 12.6. The summed E-state index contributed by atoms with van der Waals surface area (Å²) in [7, 11) is 0. The van der Waals surface area contributed by atoms with E-state index in [-0.39, 0.29) is 10.6 Å². The fourth-order valence-electron chi connectivity index (χ4n) is 2.52. The van der Waals surface area contributed by atoms with Gasteiger partial charge in [-0.3, -0.25) is 0 Å². The van der Waals surface area contributed by atoms with Crippen molar-refractivity contribution in [2.45, 2.75) is 11.8 Å². The maximum atomic E-state index is 13.5. The van der Waals surface area contributed by atoms with E-state index in [0.717, 1.165) is 16.7 Å². The van der Waals surface area contributed by atoms with Crippen LogP contribution in [-0.4, -0.2) is 0 Å². The molecule has 0 saturated heterocycles. The molecule has 0 radical (unpaired) electrons. The zero-order chi connectivity index (χ0) is 14.1. The van der Waals surface area contributed by atoms with Crippen LogP contribution < -0.4 is 0 Å². The van der Waals surface area contributed by atoms with Crippen molar-refractivity contribution in [2.75, 3.05) is 0 Å². The van der Waals surface area contributed by atoms with Gasteiger partial charge in [0.05, 0.1) is 4.83 Å². The second kappa shape index (κ2) is 5.37. The molecule has 3 rings (SSSR count). The van der Waals surface area contributed by atoms with E-state index in [1.807, 2.05) is 31.2 Å². The van der Waals surface area contributed by atoms with Gasteiger partial charge in [0, 0.05) is 0 Å². The summed E-state index contributed by atoms with van der Waals surface area (Å²) in [5.41, 5.74) is 3.22. The van der Waals surface area contributed by atoms with Gasteiger partial charge in [0.1, 0.15) is 5.82 Å². The average molecular weight is 329 g/mol. The van der Waals surface area contributed by atoms with Crippen LogP contribution >= 0.6 is 15.9 Å². The molecule has 3 aromatic carbocycles. The molecule has 3 aromatic rings. The monoisotopic (exact) mass is 328 g/mol. The van der Waals surface area contributed by atoms with Crippen molar-refractivity contribution < 1.29 is 4.39 Å². The van der Waals surface area contributed by atoms with Crippen LogP contribution in [0.5, 0.6) is 0 Å². The summed E-state index contributed by atoms with van der Waals surface area (Å²) in [6.07, 6.45) is 0. The third kappa shape index (κ3) is 2.36. The predicted molar refractivity (Wildman–Crippen MR) is 85.9 cm³/mol. The van der Waals surface area contributed by atoms with Gasteiger partial charge in [0.15, 0.2) is 0 Å². The molecule has 0 aliphatic heterocycles. The highest BCUT2D eigenvalue weighted by Crippen LogP contribution is 2.36. The highest BCUT2D eigenvalue weighted by Gasteiger charge is 2.15. The van der Waals surface area contributed by atoms with Gasteiger partial charge in [-0.05, 0) is 46.5 Å². The van der Waals surface area contributed by atoms with E-state index in [1.165, 1.54) is 16.8 Å². The van der Waals surface area contributed by atoms with Crippen LogP contribution in [0.1, 0.15) is 21.5 Å². The molecule has 0 saturated carbocycles. The third-order valence-electron chi connectivity index (χ3n) is 3.61. The Balaban J connectivity index is 2.17. The summed E-state index contributed by atoms with van der Waals surface area (Å²) in [6.45, 7) is 2.01. The average Bonchev–Trinajstić information content (AvgIpc) is 2.48. The molecule has 0 bridgehead atoms. The number of benzene rings is 3. The summed E-state index contributed by atoms with van der Waals surface area (Å²) in [4.78, 5) is -0.00991. The first-order chi connectivity index (χ1) is 9.66. The highest BCUT2D eigenvalue weighted by molar-refractivity contribution is 9.09. The lowest BCUT2D eigenvalue weighted by Crippen LogP contribution is -1.98. The summed E-state index contributed by atoms with van der Waals surface area (Å²) in [6, 6.07) is 19.4. The summed E-state index contributed by atoms with van der Waals surface area (Å²) in [5.74, 6) is -0.199. The van der Waals surface area contributed by atoms with Gasteiger partial charge in [0.25, 0.3) is 0 Å². The molecule has 1 unspecified atom stereocenters. The van der Waals surface area contributed by atoms with Crippen LogP contribution in [0.4, 0.5) is 4.39 Å². The quantitative estimate of drug-likeness (QED) is 0.524. The van der Waals surface area contributed by atoms with E-state index in [0.29, 0.717) is 0 Å². The van der Waals surface area contributed by atoms with Gasteiger partial charge in [-0.1, -0.05) is 64.5 Å². The lowest BCUT2D eigenvalue weighted by Gasteiger charge is -2.16. The van der Waals surface area contributed by atoms with Crippen molar-refractivity contribution in [1.29, 1.82) is 0 Å². The minimum atomic E-state index is -0.199. The van der Waals surface area contributed by atoms with Crippen molar-refractivity contribution >= 4 is 26.7 Å². The van der Waals surface area contributed by atoms with E-state index in [4.69, 9.17) is 0 Å². The van der Waals surface area contributed by atoms with Crippen molar-refractivity contribution in [3.8, 4) is 0 Å². The Morgan fingerprint density at radius 2 is 1.65 bits per heavy atom. The number of aryl methyl sites for hydroxylation is 1. The molecule has 20 heavy (non-hydrogen) atoms. The standard InChI is InChI=1S/C18H14BrF/c1-12-9-10-14(20)11-17(12)18(19)16-8-4-6-13-5-2-3-7-15(13)16/h2-11,18H,1H3. The maximum absolute atomic E-state index is 13.5. The molecule has 1 atom stereocenters. The number of hydrogen-bond donors (Lipinski definition) is 0. The van der Waals surface area contributed by atoms with Crippen molar-refractivity contribution in [2.24, 2.45) is 0 Å². The molecule has 0 spiro atoms. The second-order valence-corrected chi connectivity index (χ2v) is 5.85. The molecule has 0 amide bonds. The van der Waals surface area contributed by atoms with Crippen molar-refractivity contribution in [1.82, 2.24) is 0 Å². The van der Waals surface area contributed by atoms with E-state index in [9.17, 15) is 4.39 Å². The van der Waals surface area contributed by atoms with Crippen LogP contribution in [0.25, 0.3) is 10.8 Å². The number of alkyl halides is 1. The minimum absolute atomic E-state index is 0.00991. The molecule has 2 heteroatoms. The summed E-state index contributed by atoms with van der Waals surface area (Å²) < 4.78 is 13.5. The van der Waals surface area contributed by atoms with Crippen LogP contribution in [-0.2, 0) is 0 Å². The van der Waals surface area contributed by atoms with Crippen LogP contribution in [0.15, 0.2) is 60.7 Å². The smallest absolute Gasteiger partial charge is 0.123 e. The van der Waals surface area contributed by atoms with Gasteiger partial charge >= 0.3 is 0 Å². The van der Waals surface area contributed by atoms with Crippen LogP contribution in [0, 0.1) is 12.7 Å². The molecule has 0 aliphatic carbocycles. The molecule has 0 heterocycles. The Morgan fingerprint density at radius 3 is 2.50 bits per heavy atom.